The second-order valence-corrected chi connectivity index (χ2v) is 5.31. The molecule has 0 fully saturated rings. The minimum Gasteiger partial charge on any atom is -0.368 e. The number of rotatable bonds is 6. The molecule has 3 N–H and O–H groups in total. The van der Waals surface area contributed by atoms with E-state index in [0.29, 0.717) is 10.7 Å². The van der Waals surface area contributed by atoms with E-state index in [1.807, 2.05) is 6.07 Å². The number of nitrogens with zero attached hydrogens (tertiary/aromatic N) is 1. The topological polar surface area (TPSA) is 85.1 Å². The largest absolute Gasteiger partial charge is 0.368 e. The Balaban J connectivity index is 1.98. The summed E-state index contributed by atoms with van der Waals surface area (Å²) in [5.41, 5.74) is 6.84. The van der Waals surface area contributed by atoms with E-state index in [1.54, 1.807) is 48.7 Å². The number of primary amides is 1. The van der Waals surface area contributed by atoms with Crippen molar-refractivity contribution < 1.29 is 9.59 Å². The molecule has 0 saturated heterocycles. The molecule has 0 radical (unpaired) electrons. The monoisotopic (exact) mass is 329 g/mol. The van der Waals surface area contributed by atoms with Crippen LogP contribution in [0.5, 0.6) is 0 Å². The standard InChI is InChI=1S/C17H16ClN3O2/c18-13-7-4-12(5-8-13)6-9-16(22)21-15(17(19)23)11-14-3-1-2-10-20-14/h1-10,15H,11H2,(H2,19,23)(H,21,22)/b9-6+. The van der Waals surface area contributed by atoms with Crippen LogP contribution in [0.1, 0.15) is 11.3 Å². The van der Waals surface area contributed by atoms with Gasteiger partial charge in [0, 0.05) is 29.4 Å². The highest BCUT2D eigenvalue weighted by molar-refractivity contribution is 6.30. The van der Waals surface area contributed by atoms with Crippen molar-refractivity contribution in [2.24, 2.45) is 5.73 Å². The molecule has 0 aliphatic carbocycles. The molecule has 5 nitrogen and oxygen atoms in total. The molecule has 1 aromatic heterocycles. The zero-order valence-electron chi connectivity index (χ0n) is 12.3. The number of nitrogens with one attached hydrogen (secondary N) is 1. The van der Waals surface area contributed by atoms with Gasteiger partial charge in [-0.15, -0.1) is 0 Å². The maximum Gasteiger partial charge on any atom is 0.244 e. The Morgan fingerprint density at radius 2 is 1.96 bits per heavy atom. The number of pyridine rings is 1. The lowest BCUT2D eigenvalue weighted by molar-refractivity contribution is -0.124. The minimum absolute atomic E-state index is 0.247. The van der Waals surface area contributed by atoms with E-state index in [4.69, 9.17) is 17.3 Å². The van der Waals surface area contributed by atoms with Crippen LogP contribution in [0, 0.1) is 0 Å². The lowest BCUT2D eigenvalue weighted by Crippen LogP contribution is -2.45. The fourth-order valence-corrected chi connectivity index (χ4v) is 2.04. The van der Waals surface area contributed by atoms with E-state index in [0.717, 1.165) is 5.56 Å². The van der Waals surface area contributed by atoms with Gasteiger partial charge in [0.15, 0.2) is 0 Å². The van der Waals surface area contributed by atoms with Crippen molar-refractivity contribution in [2.45, 2.75) is 12.5 Å². The summed E-state index contributed by atoms with van der Waals surface area (Å²) in [4.78, 5) is 27.5. The zero-order chi connectivity index (χ0) is 16.7. The third kappa shape index (κ3) is 5.56. The number of benzene rings is 1. The quantitative estimate of drug-likeness (QED) is 0.794. The van der Waals surface area contributed by atoms with E-state index in [-0.39, 0.29) is 6.42 Å². The Bertz CT molecular complexity index is 700. The van der Waals surface area contributed by atoms with Gasteiger partial charge in [0.05, 0.1) is 0 Å². The van der Waals surface area contributed by atoms with Crippen LogP contribution < -0.4 is 11.1 Å². The smallest absolute Gasteiger partial charge is 0.244 e. The van der Waals surface area contributed by atoms with Crippen molar-refractivity contribution in [1.29, 1.82) is 0 Å². The molecular formula is C17H16ClN3O2. The number of hydrogen-bond donors (Lipinski definition) is 2. The Labute approximate surface area is 139 Å². The molecule has 1 aromatic carbocycles. The summed E-state index contributed by atoms with van der Waals surface area (Å²) in [5, 5.41) is 3.20. The summed E-state index contributed by atoms with van der Waals surface area (Å²) in [6, 6.07) is 11.6. The fourth-order valence-electron chi connectivity index (χ4n) is 1.92. The molecule has 2 rings (SSSR count). The molecule has 6 heteroatoms. The first kappa shape index (κ1) is 16.7. The van der Waals surface area contributed by atoms with Gasteiger partial charge in [0.2, 0.25) is 11.8 Å². The van der Waals surface area contributed by atoms with Crippen molar-refractivity contribution >= 4 is 29.5 Å². The third-order valence-corrected chi connectivity index (χ3v) is 3.35. The number of carbonyl (C=O) groups is 2. The van der Waals surface area contributed by atoms with Gasteiger partial charge in [-0.25, -0.2) is 0 Å². The highest BCUT2D eigenvalue weighted by Gasteiger charge is 2.17. The number of amides is 2. The van der Waals surface area contributed by atoms with Gasteiger partial charge in [0.25, 0.3) is 0 Å². The number of halogens is 1. The van der Waals surface area contributed by atoms with Crippen LogP contribution in [0.3, 0.4) is 0 Å². The van der Waals surface area contributed by atoms with Crippen molar-refractivity contribution in [1.82, 2.24) is 10.3 Å². The summed E-state index contributed by atoms with van der Waals surface area (Å²) in [6.45, 7) is 0. The zero-order valence-corrected chi connectivity index (χ0v) is 13.0. The first-order chi connectivity index (χ1) is 11.0. The van der Waals surface area contributed by atoms with E-state index in [2.05, 4.69) is 10.3 Å². The van der Waals surface area contributed by atoms with Crippen molar-refractivity contribution in [3.8, 4) is 0 Å². The summed E-state index contributed by atoms with van der Waals surface area (Å²) in [5.74, 6) is -1.01. The second-order valence-electron chi connectivity index (χ2n) is 4.87. The molecule has 2 amide bonds. The Morgan fingerprint density at radius 3 is 2.57 bits per heavy atom. The van der Waals surface area contributed by atoms with Gasteiger partial charge in [-0.05, 0) is 35.9 Å². The summed E-state index contributed by atoms with van der Waals surface area (Å²) >= 11 is 5.79. The summed E-state index contributed by atoms with van der Waals surface area (Å²) in [7, 11) is 0. The van der Waals surface area contributed by atoms with E-state index >= 15 is 0 Å². The Kier molecular flexibility index (Phi) is 5.88. The molecule has 1 unspecified atom stereocenters. The van der Waals surface area contributed by atoms with E-state index < -0.39 is 17.9 Å². The molecule has 23 heavy (non-hydrogen) atoms. The normalized spacial score (nSPS) is 12.0. The lowest BCUT2D eigenvalue weighted by atomic mass is 10.1. The SMILES string of the molecule is NC(=O)C(Cc1ccccn1)NC(=O)/C=C/c1ccc(Cl)cc1. The number of carbonyl (C=O) groups excluding carboxylic acids is 2. The summed E-state index contributed by atoms with van der Waals surface area (Å²) in [6.07, 6.45) is 4.84. The highest BCUT2D eigenvalue weighted by Crippen LogP contribution is 2.10. The predicted octanol–water partition coefficient (Wildman–Crippen LogP) is 1.96. The van der Waals surface area contributed by atoms with E-state index in [9.17, 15) is 9.59 Å². The molecule has 1 atom stereocenters. The average Bonchev–Trinajstić information content (AvgIpc) is 2.54. The van der Waals surface area contributed by atoms with Crippen LogP contribution in [0.25, 0.3) is 6.08 Å². The molecule has 0 aliphatic rings. The van der Waals surface area contributed by atoms with Crippen molar-refractivity contribution in [3.63, 3.8) is 0 Å². The minimum atomic E-state index is -0.813. The van der Waals surface area contributed by atoms with Gasteiger partial charge < -0.3 is 11.1 Å². The maximum absolute atomic E-state index is 11.9. The van der Waals surface area contributed by atoms with Gasteiger partial charge in [-0.1, -0.05) is 29.8 Å². The molecule has 118 valence electrons. The predicted molar refractivity (Wildman–Crippen MR) is 89.6 cm³/mol. The van der Waals surface area contributed by atoms with E-state index in [1.165, 1.54) is 6.08 Å². The maximum atomic E-state index is 11.9. The van der Waals surface area contributed by atoms with Crippen LogP contribution in [0.15, 0.2) is 54.7 Å². The van der Waals surface area contributed by atoms with Crippen LogP contribution >= 0.6 is 11.6 Å². The molecule has 0 spiro atoms. The fraction of sp³-hybridized carbons (Fsp3) is 0.118. The first-order valence-electron chi connectivity index (χ1n) is 6.98. The Hall–Kier alpha value is -2.66. The highest BCUT2D eigenvalue weighted by atomic mass is 35.5. The number of hydrogen-bond acceptors (Lipinski definition) is 3. The molecular weight excluding hydrogens is 314 g/mol. The average molecular weight is 330 g/mol. The second kappa shape index (κ2) is 8.10. The van der Waals surface area contributed by atoms with Gasteiger partial charge in [0.1, 0.15) is 6.04 Å². The van der Waals surface area contributed by atoms with Crippen molar-refractivity contribution in [2.75, 3.05) is 0 Å². The van der Waals surface area contributed by atoms with Crippen LogP contribution in [0.2, 0.25) is 5.02 Å². The van der Waals surface area contributed by atoms with Gasteiger partial charge in [-0.3, -0.25) is 14.6 Å². The third-order valence-electron chi connectivity index (χ3n) is 3.10. The first-order valence-corrected chi connectivity index (χ1v) is 7.36. The van der Waals surface area contributed by atoms with Gasteiger partial charge >= 0.3 is 0 Å². The summed E-state index contributed by atoms with van der Waals surface area (Å²) < 4.78 is 0. The van der Waals surface area contributed by atoms with Crippen molar-refractivity contribution in [3.05, 3.63) is 71.0 Å². The Morgan fingerprint density at radius 1 is 1.22 bits per heavy atom. The van der Waals surface area contributed by atoms with Crippen LogP contribution in [0.4, 0.5) is 0 Å². The number of aromatic nitrogens is 1. The molecule has 0 saturated carbocycles. The number of nitrogens with two attached hydrogens (primary N) is 1. The molecule has 0 bridgehead atoms. The van der Waals surface area contributed by atoms with Gasteiger partial charge in [-0.2, -0.15) is 0 Å². The lowest BCUT2D eigenvalue weighted by Gasteiger charge is -2.13. The molecule has 2 aromatic rings. The van der Waals surface area contributed by atoms with Crippen LogP contribution in [-0.4, -0.2) is 22.8 Å². The van der Waals surface area contributed by atoms with Crippen LogP contribution in [-0.2, 0) is 16.0 Å². The molecule has 1 heterocycles. The molecule has 0 aliphatic heterocycles.